The summed E-state index contributed by atoms with van der Waals surface area (Å²) in [5.74, 6) is 0.553. The van der Waals surface area contributed by atoms with Gasteiger partial charge in [0.1, 0.15) is 5.75 Å². The van der Waals surface area contributed by atoms with Crippen molar-refractivity contribution in [1.82, 2.24) is 0 Å². The van der Waals surface area contributed by atoms with E-state index in [0.717, 1.165) is 5.56 Å². The number of para-hydroxylation sites is 2. The van der Waals surface area contributed by atoms with E-state index in [4.69, 9.17) is 27.9 Å². The van der Waals surface area contributed by atoms with Crippen LogP contribution < -0.4 is 10.1 Å². The van der Waals surface area contributed by atoms with Gasteiger partial charge in [0.2, 0.25) is 5.91 Å². The molecule has 0 aliphatic carbocycles. The van der Waals surface area contributed by atoms with Gasteiger partial charge in [-0.3, -0.25) is 4.79 Å². The third-order valence-corrected chi connectivity index (χ3v) is 3.83. The maximum absolute atomic E-state index is 12.1. The van der Waals surface area contributed by atoms with Crippen molar-refractivity contribution >= 4 is 34.8 Å². The highest BCUT2D eigenvalue weighted by atomic mass is 35.5. The largest absolute Gasteiger partial charge is 0.492 e. The smallest absolute Gasteiger partial charge is 0.224 e. The number of carbonyl (C=O) groups is 1. The summed E-state index contributed by atoms with van der Waals surface area (Å²) in [5.41, 5.74) is 1.46. The highest BCUT2D eigenvalue weighted by molar-refractivity contribution is 6.36. The van der Waals surface area contributed by atoms with Gasteiger partial charge in [-0.25, -0.2) is 0 Å². The number of benzene rings is 2. The third kappa shape index (κ3) is 4.39. The lowest BCUT2D eigenvalue weighted by Crippen LogP contribution is -2.13. The summed E-state index contributed by atoms with van der Waals surface area (Å²) in [6.07, 6.45) is 0.783. The van der Waals surface area contributed by atoms with Crippen molar-refractivity contribution in [3.63, 3.8) is 0 Å². The molecular formula is C17H17Cl2NO2. The number of amides is 1. The van der Waals surface area contributed by atoms with Gasteiger partial charge in [-0.2, -0.15) is 0 Å². The molecule has 0 unspecified atom stereocenters. The second-order valence-corrected chi connectivity index (χ2v) is 5.49. The van der Waals surface area contributed by atoms with Gasteiger partial charge in [0.25, 0.3) is 0 Å². The van der Waals surface area contributed by atoms with Crippen molar-refractivity contribution in [2.45, 2.75) is 19.8 Å². The highest BCUT2D eigenvalue weighted by Crippen LogP contribution is 2.27. The molecule has 2 aromatic carbocycles. The first-order chi connectivity index (χ1) is 10.6. The van der Waals surface area contributed by atoms with Gasteiger partial charge in [0, 0.05) is 16.5 Å². The van der Waals surface area contributed by atoms with E-state index in [1.807, 2.05) is 31.2 Å². The van der Waals surface area contributed by atoms with E-state index in [0.29, 0.717) is 40.9 Å². The first kappa shape index (κ1) is 16.7. The third-order valence-electron chi connectivity index (χ3n) is 3.12. The van der Waals surface area contributed by atoms with Crippen LogP contribution in [0.15, 0.2) is 42.5 Å². The summed E-state index contributed by atoms with van der Waals surface area (Å²) in [6.45, 7) is 2.44. The molecule has 0 saturated heterocycles. The molecule has 2 aromatic rings. The van der Waals surface area contributed by atoms with Crippen molar-refractivity contribution in [3.05, 3.63) is 58.1 Å². The van der Waals surface area contributed by atoms with Crippen LogP contribution in [0.25, 0.3) is 0 Å². The Kier molecular flexibility index (Phi) is 6.10. The summed E-state index contributed by atoms with van der Waals surface area (Å²) in [7, 11) is 0. The zero-order valence-corrected chi connectivity index (χ0v) is 13.7. The van der Waals surface area contributed by atoms with Gasteiger partial charge < -0.3 is 10.1 Å². The number of rotatable bonds is 6. The van der Waals surface area contributed by atoms with Crippen LogP contribution >= 0.6 is 23.2 Å². The molecule has 0 aliphatic heterocycles. The topological polar surface area (TPSA) is 38.3 Å². The highest BCUT2D eigenvalue weighted by Gasteiger charge is 2.10. The minimum Gasteiger partial charge on any atom is -0.492 e. The number of hydrogen-bond acceptors (Lipinski definition) is 2. The summed E-state index contributed by atoms with van der Waals surface area (Å²) in [5, 5.41) is 4.01. The van der Waals surface area contributed by atoms with Crippen molar-refractivity contribution in [2.24, 2.45) is 0 Å². The van der Waals surface area contributed by atoms with Gasteiger partial charge in [-0.15, -0.1) is 0 Å². The molecule has 0 aromatic heterocycles. The van der Waals surface area contributed by atoms with E-state index in [1.165, 1.54) is 0 Å². The fraction of sp³-hybridized carbons (Fsp3) is 0.235. The number of hydrogen-bond donors (Lipinski definition) is 1. The monoisotopic (exact) mass is 337 g/mol. The van der Waals surface area contributed by atoms with E-state index in [2.05, 4.69) is 5.32 Å². The molecule has 0 aliphatic rings. The lowest BCUT2D eigenvalue weighted by Gasteiger charge is -2.11. The van der Waals surface area contributed by atoms with Crippen LogP contribution in [0.2, 0.25) is 10.0 Å². The average Bonchev–Trinajstić information content (AvgIpc) is 2.49. The molecule has 3 nitrogen and oxygen atoms in total. The number of nitrogens with one attached hydrogen (secondary N) is 1. The SMILES string of the molecule is CCOc1ccccc1NC(=O)CCc1c(Cl)cccc1Cl. The van der Waals surface area contributed by atoms with Crippen molar-refractivity contribution in [1.29, 1.82) is 0 Å². The van der Waals surface area contributed by atoms with Crippen LogP contribution in [0.5, 0.6) is 5.75 Å². The van der Waals surface area contributed by atoms with E-state index >= 15 is 0 Å². The second-order valence-electron chi connectivity index (χ2n) is 4.68. The summed E-state index contributed by atoms with van der Waals surface area (Å²) >= 11 is 12.2. The minimum absolute atomic E-state index is 0.108. The van der Waals surface area contributed by atoms with Gasteiger partial charge in [0.05, 0.1) is 12.3 Å². The molecule has 0 bridgehead atoms. The lowest BCUT2D eigenvalue weighted by atomic mass is 10.1. The molecule has 0 atom stereocenters. The van der Waals surface area contributed by atoms with Crippen molar-refractivity contribution < 1.29 is 9.53 Å². The Bertz CT molecular complexity index is 639. The first-order valence-electron chi connectivity index (χ1n) is 7.06. The Balaban J connectivity index is 1.99. The van der Waals surface area contributed by atoms with E-state index in [1.54, 1.807) is 18.2 Å². The van der Waals surface area contributed by atoms with Crippen LogP contribution in [-0.2, 0) is 11.2 Å². The Morgan fingerprint density at radius 2 is 1.77 bits per heavy atom. The van der Waals surface area contributed by atoms with Gasteiger partial charge >= 0.3 is 0 Å². The molecule has 2 rings (SSSR count). The fourth-order valence-electron chi connectivity index (χ4n) is 2.07. The van der Waals surface area contributed by atoms with Crippen molar-refractivity contribution in [2.75, 3.05) is 11.9 Å². The van der Waals surface area contributed by atoms with E-state index in [9.17, 15) is 4.79 Å². The Morgan fingerprint density at radius 1 is 1.09 bits per heavy atom. The molecule has 0 radical (unpaired) electrons. The summed E-state index contributed by atoms with van der Waals surface area (Å²) in [6, 6.07) is 12.7. The Morgan fingerprint density at radius 3 is 2.45 bits per heavy atom. The predicted molar refractivity (Wildman–Crippen MR) is 91.0 cm³/mol. The van der Waals surface area contributed by atoms with Crippen LogP contribution in [0.1, 0.15) is 18.9 Å². The van der Waals surface area contributed by atoms with Crippen LogP contribution in [0.3, 0.4) is 0 Å². The molecule has 5 heteroatoms. The molecule has 22 heavy (non-hydrogen) atoms. The van der Waals surface area contributed by atoms with Gasteiger partial charge in [-0.1, -0.05) is 41.4 Å². The molecule has 0 heterocycles. The fourth-order valence-corrected chi connectivity index (χ4v) is 2.66. The van der Waals surface area contributed by atoms with Crippen LogP contribution in [0, 0.1) is 0 Å². The molecule has 0 saturated carbocycles. The molecule has 1 amide bonds. The molecule has 116 valence electrons. The molecule has 0 fully saturated rings. The molecule has 0 spiro atoms. The zero-order valence-electron chi connectivity index (χ0n) is 12.2. The Labute approximate surface area is 140 Å². The standard InChI is InChI=1S/C17H17Cl2NO2/c1-2-22-16-9-4-3-8-15(16)20-17(21)11-10-12-13(18)6-5-7-14(12)19/h3-9H,2,10-11H2,1H3,(H,20,21). The van der Waals surface area contributed by atoms with Crippen LogP contribution in [0.4, 0.5) is 5.69 Å². The van der Waals surface area contributed by atoms with Crippen molar-refractivity contribution in [3.8, 4) is 5.75 Å². The molecule has 1 N–H and O–H groups in total. The summed E-state index contributed by atoms with van der Waals surface area (Å²) < 4.78 is 5.48. The number of anilines is 1. The average molecular weight is 338 g/mol. The maximum Gasteiger partial charge on any atom is 0.224 e. The summed E-state index contributed by atoms with van der Waals surface area (Å²) in [4.78, 5) is 12.1. The van der Waals surface area contributed by atoms with E-state index in [-0.39, 0.29) is 5.91 Å². The normalized spacial score (nSPS) is 10.3. The predicted octanol–water partition coefficient (Wildman–Crippen LogP) is 4.96. The lowest BCUT2D eigenvalue weighted by molar-refractivity contribution is -0.116. The van der Waals surface area contributed by atoms with Crippen LogP contribution in [-0.4, -0.2) is 12.5 Å². The quantitative estimate of drug-likeness (QED) is 0.808. The van der Waals surface area contributed by atoms with E-state index < -0.39 is 0 Å². The maximum atomic E-state index is 12.1. The van der Waals surface area contributed by atoms with Gasteiger partial charge in [-0.05, 0) is 43.2 Å². The minimum atomic E-state index is -0.108. The van der Waals surface area contributed by atoms with Gasteiger partial charge in [0.15, 0.2) is 0 Å². The first-order valence-corrected chi connectivity index (χ1v) is 7.82. The number of ether oxygens (including phenoxy) is 1. The number of carbonyl (C=O) groups excluding carboxylic acids is 1. The Hall–Kier alpha value is -1.71. The number of halogens is 2. The zero-order chi connectivity index (χ0) is 15.9. The second kappa shape index (κ2) is 8.06. The molecular weight excluding hydrogens is 321 g/mol.